The number of benzene rings is 8. The molecule has 3 nitrogen and oxygen atoms in total. The van der Waals surface area contributed by atoms with Gasteiger partial charge in [0, 0.05) is 54.6 Å². The number of anilines is 9. The van der Waals surface area contributed by atoms with Gasteiger partial charge in [0.05, 0.1) is 30.8 Å². The molecule has 352 valence electrons. The monoisotopic (exact) mass is 952 g/mol. The molecule has 0 saturated heterocycles. The van der Waals surface area contributed by atoms with Gasteiger partial charge in [-0.15, -0.1) is 11.3 Å². The fourth-order valence-electron chi connectivity index (χ4n) is 11.4. The highest BCUT2D eigenvalue weighted by atomic mass is 32.1. The van der Waals surface area contributed by atoms with Crippen LogP contribution in [-0.2, 0) is 21.7 Å². The first-order valence-electron chi connectivity index (χ1n) is 29.9. The van der Waals surface area contributed by atoms with E-state index in [0.717, 1.165) is 67.1 Å². The summed E-state index contributed by atoms with van der Waals surface area (Å²) in [6.07, 6.45) is 1.93. The predicted molar refractivity (Wildman–Crippen MR) is 309 cm³/mol. The first-order valence-corrected chi connectivity index (χ1v) is 25.7. The molecule has 0 unspecified atom stereocenters. The average molecular weight is 952 g/mol. The molecule has 0 radical (unpaired) electrons. The molecule has 9 aromatic rings. The number of fused-ring (bicyclic) bond motifs is 7. The Balaban J connectivity index is 1.31. The molecule has 12 rings (SSSR count). The number of thiophene rings is 1. The molecule has 1 aromatic heterocycles. The maximum atomic E-state index is 9.60. The van der Waals surface area contributed by atoms with E-state index in [1.165, 1.54) is 22.3 Å². The molecule has 5 heteroatoms. The lowest BCUT2D eigenvalue weighted by Gasteiger charge is -2.47. The topological polar surface area (TPSA) is 9.72 Å². The van der Waals surface area contributed by atoms with Crippen molar-refractivity contribution in [2.45, 2.75) is 104 Å². The van der Waals surface area contributed by atoms with Gasteiger partial charge in [0.15, 0.2) is 0 Å². The number of rotatable bonds is 6. The molecule has 0 N–H and O–H groups in total. The van der Waals surface area contributed by atoms with Crippen LogP contribution in [0.5, 0.6) is 0 Å². The van der Waals surface area contributed by atoms with Crippen LogP contribution in [0.15, 0.2) is 182 Å². The molecule has 2 aliphatic heterocycles. The molecule has 0 saturated carbocycles. The number of nitrogens with zero attached hydrogens (tertiary/aromatic N) is 3. The van der Waals surface area contributed by atoms with E-state index in [1.54, 1.807) is 16.2 Å². The molecule has 0 spiro atoms. The molecule has 3 aliphatic rings. The molecule has 0 amide bonds. The van der Waals surface area contributed by atoms with E-state index in [1.807, 2.05) is 54.6 Å². The van der Waals surface area contributed by atoms with Crippen LogP contribution in [0.3, 0.4) is 0 Å². The Kier molecular flexibility index (Phi) is 8.14. The predicted octanol–water partition coefficient (Wildman–Crippen LogP) is 17.1. The van der Waals surface area contributed by atoms with E-state index in [4.69, 9.17) is 8.22 Å². The highest BCUT2D eigenvalue weighted by Gasteiger charge is 2.48. The van der Waals surface area contributed by atoms with Gasteiger partial charge in [-0.2, -0.15) is 0 Å². The largest absolute Gasteiger partial charge is 0.311 e. The van der Waals surface area contributed by atoms with Gasteiger partial charge >= 0.3 is 0 Å². The van der Waals surface area contributed by atoms with Crippen molar-refractivity contribution in [2.75, 3.05) is 14.7 Å². The molecule has 71 heavy (non-hydrogen) atoms. The lowest BCUT2D eigenvalue weighted by Crippen LogP contribution is -2.61. The van der Waals surface area contributed by atoms with Crippen LogP contribution in [-0.4, -0.2) is 6.71 Å². The van der Waals surface area contributed by atoms with Gasteiger partial charge < -0.3 is 14.7 Å². The van der Waals surface area contributed by atoms with Crippen LogP contribution in [0, 0.1) is 0 Å². The Morgan fingerprint density at radius 2 is 1.14 bits per heavy atom. The Labute approximate surface area is 440 Å². The third-order valence-corrected chi connectivity index (χ3v) is 16.6. The standard InChI is InChI=1S/C66H64BN3S/c1-63(2,3)44-30-33-48(34-31-44)69-57-39-49(68(46-24-16-12-17-25-46)47-26-18-13-19-27-47)40-58-60(57)67(62-61(69)51-38-45(64(4,5)6)32-35-59(51)71-62)54-41-52-53(66(9,10)37-36-65(52,7)8)42-56(54)70(58)55-29-21-20-28-50(55)43-22-14-11-15-23-43/h11-35,38-42H,36-37H2,1-10H3/i11D,12D,14D,15D,16D,17D,22D,23D,24D,25D. The van der Waals surface area contributed by atoms with Gasteiger partial charge in [0.1, 0.15) is 0 Å². The fourth-order valence-corrected chi connectivity index (χ4v) is 12.7. The number of para-hydroxylation sites is 3. The van der Waals surface area contributed by atoms with Gasteiger partial charge in [-0.05, 0) is 146 Å². The summed E-state index contributed by atoms with van der Waals surface area (Å²) in [5.41, 5.74) is 12.6. The van der Waals surface area contributed by atoms with Crippen LogP contribution in [0.4, 0.5) is 51.2 Å². The molecule has 1 aliphatic carbocycles. The van der Waals surface area contributed by atoms with Gasteiger partial charge in [-0.3, -0.25) is 0 Å². The Bertz CT molecular complexity index is 4060. The highest BCUT2D eigenvalue weighted by Crippen LogP contribution is 2.54. The van der Waals surface area contributed by atoms with Crippen LogP contribution in [0.2, 0.25) is 0 Å². The fraction of sp³-hybridized carbons (Fsp3) is 0.242. The highest BCUT2D eigenvalue weighted by molar-refractivity contribution is 7.33. The summed E-state index contributed by atoms with van der Waals surface area (Å²) in [5.74, 6) is 0. The first-order chi connectivity index (χ1) is 38.1. The van der Waals surface area contributed by atoms with Crippen molar-refractivity contribution in [1.82, 2.24) is 0 Å². The second-order valence-corrected chi connectivity index (χ2v) is 24.0. The minimum Gasteiger partial charge on any atom is -0.311 e. The van der Waals surface area contributed by atoms with E-state index in [0.29, 0.717) is 22.6 Å². The Morgan fingerprint density at radius 3 is 1.80 bits per heavy atom. The third-order valence-electron chi connectivity index (χ3n) is 15.4. The van der Waals surface area contributed by atoms with Crippen molar-refractivity contribution < 1.29 is 13.7 Å². The zero-order valence-electron chi connectivity index (χ0n) is 52.3. The van der Waals surface area contributed by atoms with Crippen molar-refractivity contribution >= 4 is 95.0 Å². The second kappa shape index (κ2) is 16.4. The Hall–Kier alpha value is -6.82. The van der Waals surface area contributed by atoms with Crippen LogP contribution >= 0.6 is 11.3 Å². The summed E-state index contributed by atoms with van der Waals surface area (Å²) in [7, 11) is 0. The first kappa shape index (κ1) is 35.3. The minimum absolute atomic E-state index is 0.0235. The quantitative estimate of drug-likeness (QED) is 0.154. The van der Waals surface area contributed by atoms with Crippen molar-refractivity contribution in [3.8, 4) is 11.1 Å². The van der Waals surface area contributed by atoms with Crippen LogP contribution in [0.25, 0.3) is 21.2 Å². The summed E-state index contributed by atoms with van der Waals surface area (Å²) in [5, 5.41) is 1.10. The van der Waals surface area contributed by atoms with Crippen molar-refractivity contribution in [2.24, 2.45) is 0 Å². The maximum Gasteiger partial charge on any atom is 0.264 e. The summed E-state index contributed by atoms with van der Waals surface area (Å²) in [4.78, 5) is 6.36. The Morgan fingerprint density at radius 1 is 0.549 bits per heavy atom. The van der Waals surface area contributed by atoms with Gasteiger partial charge in [0.25, 0.3) is 6.71 Å². The van der Waals surface area contributed by atoms with Crippen molar-refractivity contribution in [3.63, 3.8) is 0 Å². The zero-order valence-corrected chi connectivity index (χ0v) is 43.1. The van der Waals surface area contributed by atoms with Crippen molar-refractivity contribution in [1.29, 1.82) is 0 Å². The molecule has 0 fully saturated rings. The van der Waals surface area contributed by atoms with Gasteiger partial charge in [0.2, 0.25) is 0 Å². The maximum absolute atomic E-state index is 9.60. The van der Waals surface area contributed by atoms with Crippen LogP contribution < -0.4 is 30.4 Å². The molecular formula is C66H64BN3S. The third kappa shape index (κ3) is 7.45. The van der Waals surface area contributed by atoms with E-state index in [-0.39, 0.29) is 63.8 Å². The van der Waals surface area contributed by atoms with E-state index in [2.05, 4.69) is 146 Å². The normalized spacial score (nSPS) is 17.5. The summed E-state index contributed by atoms with van der Waals surface area (Å²) in [6.45, 7) is 22.3. The molecule has 8 aromatic carbocycles. The smallest absolute Gasteiger partial charge is 0.264 e. The van der Waals surface area contributed by atoms with Crippen LogP contribution in [0.1, 0.15) is 118 Å². The number of hydrogen-bond donors (Lipinski definition) is 0. The van der Waals surface area contributed by atoms with E-state index >= 15 is 0 Å². The van der Waals surface area contributed by atoms with Crippen molar-refractivity contribution in [3.05, 3.63) is 204 Å². The summed E-state index contributed by atoms with van der Waals surface area (Å²) in [6, 6.07) is 37.4. The molecule has 0 atom stereocenters. The second-order valence-electron chi connectivity index (χ2n) is 23.0. The zero-order chi connectivity index (χ0) is 57.9. The lowest BCUT2D eigenvalue weighted by atomic mass is 9.35. The number of hydrogen-bond acceptors (Lipinski definition) is 4. The SMILES string of the molecule is [2H]c1c([2H])c([2H])c(-c2ccccc2N2c3cc4c(cc3B3c5sc6ccc(C(C)(C)C)cc6c5N(c5ccc(C(C)(C)C)cc5)c5cc(N(c6ccccc6)c6c([2H])c([2H])c([2H])c([2H])c6[2H])cc2c53)C(C)(C)CCC4(C)C)c([2H])c1[2H]. The van der Waals surface area contributed by atoms with E-state index < -0.39 is 36.3 Å². The average Bonchev–Trinajstić information content (AvgIpc) is 3.67. The summed E-state index contributed by atoms with van der Waals surface area (Å²) >= 11 is 1.79. The lowest BCUT2D eigenvalue weighted by molar-refractivity contribution is 0.332. The van der Waals surface area contributed by atoms with Gasteiger partial charge in [-0.1, -0.05) is 178 Å². The molecular weight excluding hydrogens is 878 g/mol. The van der Waals surface area contributed by atoms with Gasteiger partial charge in [-0.25, -0.2) is 0 Å². The molecule has 0 bridgehead atoms. The van der Waals surface area contributed by atoms with E-state index in [9.17, 15) is 5.48 Å². The minimum atomic E-state index is -0.497. The summed E-state index contributed by atoms with van der Waals surface area (Å²) < 4.78 is 93.7. The molecule has 3 heterocycles.